The summed E-state index contributed by atoms with van der Waals surface area (Å²) in [5, 5.41) is 1.09. The van der Waals surface area contributed by atoms with Gasteiger partial charge in [0.1, 0.15) is 11.0 Å². The SMILES string of the molecule is CC1(C)CC2CC(C)(CN2C(=O)c2cccc(CSc3nc(Cl)cc(N4CCOCC4)n3)c2)C1. The first-order valence-corrected chi connectivity index (χ1v) is 13.5. The van der Waals surface area contributed by atoms with Gasteiger partial charge in [0.05, 0.1) is 13.2 Å². The lowest BCUT2D eigenvalue weighted by atomic mass is 9.65. The van der Waals surface area contributed by atoms with Gasteiger partial charge in [0.2, 0.25) is 0 Å². The van der Waals surface area contributed by atoms with Gasteiger partial charge >= 0.3 is 0 Å². The summed E-state index contributed by atoms with van der Waals surface area (Å²) in [6.45, 7) is 10.9. The van der Waals surface area contributed by atoms with Crippen molar-refractivity contribution in [2.24, 2.45) is 10.8 Å². The molecule has 2 aliphatic heterocycles. The van der Waals surface area contributed by atoms with Crippen molar-refractivity contribution in [1.29, 1.82) is 0 Å². The van der Waals surface area contributed by atoms with Crippen LogP contribution in [0.3, 0.4) is 0 Å². The lowest BCUT2D eigenvalue weighted by molar-refractivity contribution is 0.0708. The first-order chi connectivity index (χ1) is 16.2. The van der Waals surface area contributed by atoms with Crippen LogP contribution in [0.4, 0.5) is 5.82 Å². The van der Waals surface area contributed by atoms with E-state index >= 15 is 0 Å². The first-order valence-electron chi connectivity index (χ1n) is 12.1. The van der Waals surface area contributed by atoms with Crippen LogP contribution < -0.4 is 4.90 Å². The molecule has 6 nitrogen and oxygen atoms in total. The fraction of sp³-hybridized carbons (Fsp3) is 0.577. The molecule has 3 fully saturated rings. The Bertz CT molecular complexity index is 1070. The van der Waals surface area contributed by atoms with Crippen molar-refractivity contribution in [3.63, 3.8) is 0 Å². The van der Waals surface area contributed by atoms with Crippen molar-refractivity contribution in [1.82, 2.24) is 14.9 Å². The van der Waals surface area contributed by atoms with Crippen LogP contribution in [0.15, 0.2) is 35.5 Å². The quantitative estimate of drug-likeness (QED) is 0.315. The number of carbonyl (C=O) groups is 1. The predicted molar refractivity (Wildman–Crippen MR) is 137 cm³/mol. The highest BCUT2D eigenvalue weighted by atomic mass is 35.5. The lowest BCUT2D eigenvalue weighted by Gasteiger charge is -2.39. The highest BCUT2D eigenvalue weighted by Gasteiger charge is 2.51. The summed E-state index contributed by atoms with van der Waals surface area (Å²) in [5.41, 5.74) is 2.38. The average Bonchev–Trinajstić information content (AvgIpc) is 3.06. The molecule has 2 aromatic rings. The van der Waals surface area contributed by atoms with Crippen LogP contribution in [0.1, 0.15) is 56.0 Å². The van der Waals surface area contributed by atoms with Crippen LogP contribution in [0.25, 0.3) is 0 Å². The number of thioether (sulfide) groups is 1. The predicted octanol–water partition coefficient (Wildman–Crippen LogP) is 5.30. The van der Waals surface area contributed by atoms with Gasteiger partial charge in [0.25, 0.3) is 5.91 Å². The smallest absolute Gasteiger partial charge is 0.254 e. The number of benzene rings is 1. The number of fused-ring (bicyclic) bond motifs is 2. The number of ether oxygens (including phenoxy) is 1. The molecule has 8 heteroatoms. The van der Waals surface area contributed by atoms with Crippen molar-refractivity contribution >= 4 is 35.1 Å². The second-order valence-electron chi connectivity index (χ2n) is 11.1. The summed E-state index contributed by atoms with van der Waals surface area (Å²) in [7, 11) is 0. The van der Waals surface area contributed by atoms with Crippen LogP contribution in [-0.2, 0) is 10.5 Å². The summed E-state index contributed by atoms with van der Waals surface area (Å²) >= 11 is 7.84. The fourth-order valence-corrected chi connectivity index (χ4v) is 7.23. The molecule has 0 radical (unpaired) electrons. The van der Waals surface area contributed by atoms with Gasteiger partial charge < -0.3 is 14.5 Å². The molecular formula is C26H33ClN4O2S. The van der Waals surface area contributed by atoms with E-state index in [9.17, 15) is 4.79 Å². The Balaban J connectivity index is 1.27. The topological polar surface area (TPSA) is 58.6 Å². The minimum Gasteiger partial charge on any atom is -0.378 e. The van der Waals surface area contributed by atoms with E-state index in [1.54, 1.807) is 11.8 Å². The highest BCUT2D eigenvalue weighted by Crippen LogP contribution is 2.52. The minimum atomic E-state index is 0.159. The van der Waals surface area contributed by atoms with Crippen molar-refractivity contribution in [2.75, 3.05) is 37.7 Å². The molecule has 1 saturated carbocycles. The van der Waals surface area contributed by atoms with E-state index in [4.69, 9.17) is 21.3 Å². The normalized spacial score (nSPS) is 26.1. The number of rotatable bonds is 5. The maximum atomic E-state index is 13.5. The lowest BCUT2D eigenvalue weighted by Crippen LogP contribution is -2.37. The fourth-order valence-electron chi connectivity index (χ4n) is 6.21. The summed E-state index contributed by atoms with van der Waals surface area (Å²) in [5.74, 6) is 1.68. The highest BCUT2D eigenvalue weighted by molar-refractivity contribution is 7.98. The van der Waals surface area contributed by atoms with E-state index < -0.39 is 0 Å². The molecule has 1 aromatic heterocycles. The molecule has 3 aliphatic rings. The van der Waals surface area contributed by atoms with Gasteiger partial charge in [-0.25, -0.2) is 9.97 Å². The molecule has 2 unspecified atom stereocenters. The Morgan fingerprint density at radius 3 is 2.76 bits per heavy atom. The van der Waals surface area contributed by atoms with Gasteiger partial charge in [-0.1, -0.05) is 56.3 Å². The van der Waals surface area contributed by atoms with Crippen LogP contribution in [-0.4, -0.2) is 59.7 Å². The zero-order chi connectivity index (χ0) is 23.9. The number of amides is 1. The number of halogens is 1. The number of likely N-dealkylation sites (tertiary alicyclic amines) is 1. The maximum Gasteiger partial charge on any atom is 0.254 e. The second-order valence-corrected chi connectivity index (χ2v) is 12.4. The molecule has 2 saturated heterocycles. The molecule has 3 heterocycles. The number of aromatic nitrogens is 2. The van der Waals surface area contributed by atoms with E-state index in [2.05, 4.69) is 41.6 Å². The van der Waals surface area contributed by atoms with E-state index in [-0.39, 0.29) is 11.3 Å². The van der Waals surface area contributed by atoms with Gasteiger partial charge in [-0.15, -0.1) is 0 Å². The monoisotopic (exact) mass is 500 g/mol. The Hall–Kier alpha value is -1.83. The molecule has 2 bridgehead atoms. The van der Waals surface area contributed by atoms with E-state index in [0.29, 0.717) is 40.7 Å². The molecule has 1 aromatic carbocycles. The number of nitrogens with zero attached hydrogens (tertiary/aromatic N) is 4. The summed E-state index contributed by atoms with van der Waals surface area (Å²) in [4.78, 5) is 26.9. The van der Waals surface area contributed by atoms with Gasteiger partial charge in [-0.2, -0.15) is 0 Å². The number of hydrogen-bond donors (Lipinski definition) is 0. The first kappa shape index (κ1) is 23.9. The second kappa shape index (κ2) is 9.32. The Labute approximate surface area is 211 Å². The zero-order valence-corrected chi connectivity index (χ0v) is 21.8. The number of hydrogen-bond acceptors (Lipinski definition) is 6. The number of morpholine rings is 1. The Morgan fingerprint density at radius 1 is 1.18 bits per heavy atom. The zero-order valence-electron chi connectivity index (χ0n) is 20.2. The summed E-state index contributed by atoms with van der Waals surface area (Å²) < 4.78 is 5.44. The third-order valence-electron chi connectivity index (χ3n) is 7.21. The Kier molecular flexibility index (Phi) is 6.55. The van der Waals surface area contributed by atoms with Gasteiger partial charge in [-0.05, 0) is 47.8 Å². The third kappa shape index (κ3) is 5.21. The van der Waals surface area contributed by atoms with Crippen molar-refractivity contribution < 1.29 is 9.53 Å². The molecule has 34 heavy (non-hydrogen) atoms. The molecule has 2 atom stereocenters. The molecule has 1 aliphatic carbocycles. The van der Waals surface area contributed by atoms with Crippen molar-refractivity contribution in [2.45, 2.75) is 57.0 Å². The van der Waals surface area contributed by atoms with Gasteiger partial charge in [-0.3, -0.25) is 4.79 Å². The van der Waals surface area contributed by atoms with Crippen LogP contribution in [0.5, 0.6) is 0 Å². The summed E-state index contributed by atoms with van der Waals surface area (Å²) in [6.07, 6.45) is 3.39. The molecule has 5 rings (SSSR count). The third-order valence-corrected chi connectivity index (χ3v) is 8.33. The van der Waals surface area contributed by atoms with Crippen LogP contribution in [0, 0.1) is 10.8 Å². The molecule has 0 spiro atoms. The Morgan fingerprint density at radius 2 is 1.97 bits per heavy atom. The van der Waals surface area contributed by atoms with Crippen molar-refractivity contribution in [3.05, 3.63) is 46.6 Å². The molecule has 0 N–H and O–H groups in total. The molecule has 1 amide bonds. The molecular weight excluding hydrogens is 468 g/mol. The number of anilines is 1. The largest absolute Gasteiger partial charge is 0.378 e. The van der Waals surface area contributed by atoms with Gasteiger partial charge in [0.15, 0.2) is 5.16 Å². The van der Waals surface area contributed by atoms with E-state index in [0.717, 1.165) is 49.4 Å². The van der Waals surface area contributed by atoms with Crippen molar-refractivity contribution in [3.8, 4) is 0 Å². The van der Waals surface area contributed by atoms with Gasteiger partial charge in [0, 0.05) is 43.1 Å². The van der Waals surface area contributed by atoms with E-state index in [1.165, 1.54) is 6.42 Å². The van der Waals surface area contributed by atoms with Crippen LogP contribution >= 0.6 is 23.4 Å². The minimum absolute atomic E-state index is 0.159. The maximum absolute atomic E-state index is 13.5. The molecule has 182 valence electrons. The standard InChI is InChI=1S/C26H33ClN4O2S/c1-25(2)13-20-14-26(3,16-25)17-31(20)23(32)19-6-4-5-18(11-19)15-34-24-28-21(27)12-22(29-24)30-7-9-33-10-8-30/h4-6,11-12,20H,7-10,13-17H2,1-3H3. The number of carbonyl (C=O) groups excluding carboxylic acids is 1. The van der Waals surface area contributed by atoms with Crippen LogP contribution in [0.2, 0.25) is 5.15 Å². The average molecular weight is 501 g/mol. The summed E-state index contributed by atoms with van der Waals surface area (Å²) in [6, 6.07) is 10.2. The van der Waals surface area contributed by atoms with E-state index in [1.807, 2.05) is 24.3 Å².